The van der Waals surface area contributed by atoms with Crippen molar-refractivity contribution in [1.29, 1.82) is 0 Å². The molecule has 0 bridgehead atoms. The van der Waals surface area contributed by atoms with Crippen molar-refractivity contribution >= 4 is 17.7 Å². The molecular weight excluding hydrogens is 382 g/mol. The van der Waals surface area contributed by atoms with E-state index >= 15 is 0 Å². The van der Waals surface area contributed by atoms with Gasteiger partial charge in [-0.05, 0) is 28.3 Å². The number of anilines is 1. The Hall–Kier alpha value is -3.80. The van der Waals surface area contributed by atoms with Crippen molar-refractivity contribution in [2.45, 2.75) is 12.3 Å². The molecule has 0 spiro atoms. The molecule has 0 radical (unpaired) electrons. The highest BCUT2D eigenvalue weighted by atomic mass is 16.5. The average Bonchev–Trinajstić information content (AvgIpc) is 3.06. The van der Waals surface area contributed by atoms with Crippen molar-refractivity contribution in [3.05, 3.63) is 83.4 Å². The number of hydrogen-bond acceptors (Lipinski definition) is 4. The third-order valence-corrected chi connectivity index (χ3v) is 5.22. The van der Waals surface area contributed by atoms with Gasteiger partial charge in [0.05, 0.1) is 19.2 Å². The minimum absolute atomic E-state index is 0.0385. The van der Waals surface area contributed by atoms with Gasteiger partial charge in [-0.1, -0.05) is 60.7 Å². The Morgan fingerprint density at radius 3 is 2.17 bits per heavy atom. The van der Waals surface area contributed by atoms with Gasteiger partial charge in [-0.3, -0.25) is 10.1 Å². The number of benzene rings is 3. The fourth-order valence-corrected chi connectivity index (χ4v) is 3.97. The van der Waals surface area contributed by atoms with Crippen LogP contribution in [0.2, 0.25) is 0 Å². The van der Waals surface area contributed by atoms with Crippen LogP contribution in [0.25, 0.3) is 11.1 Å². The highest BCUT2D eigenvalue weighted by Crippen LogP contribution is 2.44. The molecule has 0 saturated carbocycles. The Bertz CT molecular complexity index is 1060. The van der Waals surface area contributed by atoms with E-state index in [1.54, 1.807) is 18.2 Å². The number of carboxylic acid groups (broad SMARTS) is 1. The Labute approximate surface area is 174 Å². The van der Waals surface area contributed by atoms with E-state index in [2.05, 4.69) is 29.6 Å². The van der Waals surface area contributed by atoms with Crippen LogP contribution in [0.4, 0.5) is 10.5 Å². The molecule has 0 saturated heterocycles. The summed E-state index contributed by atoms with van der Waals surface area (Å²) in [4.78, 5) is 23.5. The minimum atomic E-state index is -0.980. The summed E-state index contributed by atoms with van der Waals surface area (Å²) in [5.41, 5.74) is 5.42. The van der Waals surface area contributed by atoms with Crippen LogP contribution in [0.3, 0.4) is 0 Å². The Morgan fingerprint density at radius 1 is 0.933 bits per heavy atom. The molecular formula is C24H21NO5. The highest BCUT2D eigenvalue weighted by Gasteiger charge is 2.29. The first-order chi connectivity index (χ1) is 14.6. The number of carbonyl (C=O) groups excluding carboxylic acids is 1. The second kappa shape index (κ2) is 8.29. The van der Waals surface area contributed by atoms with Crippen LogP contribution in [0, 0.1) is 0 Å². The lowest BCUT2D eigenvalue weighted by molar-refractivity contribution is -0.136. The molecule has 3 aromatic rings. The van der Waals surface area contributed by atoms with Gasteiger partial charge in [-0.25, -0.2) is 4.79 Å². The van der Waals surface area contributed by atoms with Crippen LogP contribution >= 0.6 is 0 Å². The van der Waals surface area contributed by atoms with Crippen LogP contribution in [0.1, 0.15) is 22.6 Å². The van der Waals surface area contributed by atoms with Gasteiger partial charge in [0, 0.05) is 11.5 Å². The number of ether oxygens (including phenoxy) is 2. The number of fused-ring (bicyclic) bond motifs is 3. The fourth-order valence-electron chi connectivity index (χ4n) is 3.97. The Kier molecular flexibility index (Phi) is 5.39. The van der Waals surface area contributed by atoms with Crippen molar-refractivity contribution in [3.63, 3.8) is 0 Å². The smallest absolute Gasteiger partial charge is 0.411 e. The second-order valence-corrected chi connectivity index (χ2v) is 7.02. The maximum atomic E-state index is 12.5. The molecule has 152 valence electrons. The quantitative estimate of drug-likeness (QED) is 0.624. The lowest BCUT2D eigenvalue weighted by Crippen LogP contribution is -2.18. The molecule has 1 aliphatic rings. The summed E-state index contributed by atoms with van der Waals surface area (Å²) in [6, 6.07) is 21.2. The zero-order valence-corrected chi connectivity index (χ0v) is 16.4. The van der Waals surface area contributed by atoms with Gasteiger partial charge in [0.25, 0.3) is 0 Å². The van der Waals surface area contributed by atoms with Crippen LogP contribution in [-0.2, 0) is 16.0 Å². The monoisotopic (exact) mass is 403 g/mol. The van der Waals surface area contributed by atoms with Crippen molar-refractivity contribution < 1.29 is 24.2 Å². The maximum Gasteiger partial charge on any atom is 0.411 e. The topological polar surface area (TPSA) is 84.9 Å². The van der Waals surface area contributed by atoms with Crippen molar-refractivity contribution in [2.75, 3.05) is 19.0 Å². The number of methoxy groups -OCH3 is 1. The third-order valence-electron chi connectivity index (χ3n) is 5.22. The summed E-state index contributed by atoms with van der Waals surface area (Å²) >= 11 is 0. The molecule has 3 aromatic carbocycles. The molecule has 0 aliphatic heterocycles. The summed E-state index contributed by atoms with van der Waals surface area (Å²) in [7, 11) is 1.43. The van der Waals surface area contributed by atoms with Crippen LogP contribution in [-0.4, -0.2) is 30.9 Å². The van der Waals surface area contributed by atoms with E-state index in [-0.39, 0.29) is 18.9 Å². The normalized spacial score (nSPS) is 12.0. The number of aliphatic carboxylic acids is 1. The van der Waals surface area contributed by atoms with Gasteiger partial charge < -0.3 is 14.6 Å². The summed E-state index contributed by atoms with van der Waals surface area (Å²) in [6.45, 7) is 0.191. The molecule has 4 rings (SSSR count). The number of amides is 1. The first kappa shape index (κ1) is 19.5. The van der Waals surface area contributed by atoms with Crippen LogP contribution in [0.5, 0.6) is 5.75 Å². The number of hydrogen-bond donors (Lipinski definition) is 2. The van der Waals surface area contributed by atoms with E-state index in [9.17, 15) is 9.59 Å². The first-order valence-corrected chi connectivity index (χ1v) is 9.58. The summed E-state index contributed by atoms with van der Waals surface area (Å²) in [5, 5.41) is 11.7. The van der Waals surface area contributed by atoms with Crippen molar-refractivity contribution in [3.8, 4) is 16.9 Å². The number of carboxylic acids is 1. The van der Waals surface area contributed by atoms with Crippen molar-refractivity contribution in [2.24, 2.45) is 0 Å². The van der Waals surface area contributed by atoms with E-state index in [0.29, 0.717) is 17.0 Å². The van der Waals surface area contributed by atoms with Gasteiger partial charge in [0.15, 0.2) is 0 Å². The van der Waals surface area contributed by atoms with Gasteiger partial charge in [0.1, 0.15) is 12.4 Å². The molecule has 6 heteroatoms. The number of nitrogens with one attached hydrogen (secondary N) is 1. The second-order valence-electron chi connectivity index (χ2n) is 7.02. The summed E-state index contributed by atoms with van der Waals surface area (Å²) < 4.78 is 10.9. The third kappa shape index (κ3) is 3.72. The van der Waals surface area contributed by atoms with E-state index in [4.69, 9.17) is 14.6 Å². The maximum absolute atomic E-state index is 12.5. The molecule has 1 amide bonds. The first-order valence-electron chi connectivity index (χ1n) is 9.58. The highest BCUT2D eigenvalue weighted by molar-refractivity contribution is 5.88. The zero-order valence-electron chi connectivity index (χ0n) is 16.4. The molecule has 30 heavy (non-hydrogen) atoms. The van der Waals surface area contributed by atoms with Gasteiger partial charge in [0.2, 0.25) is 0 Å². The molecule has 0 unspecified atom stereocenters. The molecule has 0 heterocycles. The lowest BCUT2D eigenvalue weighted by atomic mass is 9.98. The fraction of sp³-hybridized carbons (Fsp3) is 0.167. The van der Waals surface area contributed by atoms with Gasteiger partial charge >= 0.3 is 12.1 Å². The molecule has 6 nitrogen and oxygen atoms in total. The molecule has 0 aromatic heterocycles. The largest absolute Gasteiger partial charge is 0.494 e. The van der Waals surface area contributed by atoms with Crippen LogP contribution in [0.15, 0.2) is 66.7 Å². The van der Waals surface area contributed by atoms with E-state index in [0.717, 1.165) is 22.3 Å². The zero-order chi connectivity index (χ0) is 21.1. The summed E-state index contributed by atoms with van der Waals surface area (Å²) in [5.74, 6) is -0.705. The van der Waals surface area contributed by atoms with Gasteiger partial charge in [-0.15, -0.1) is 0 Å². The molecule has 0 atom stereocenters. The van der Waals surface area contributed by atoms with E-state index in [1.165, 1.54) is 7.11 Å². The predicted octanol–water partition coefficient (Wildman–Crippen LogP) is 4.68. The number of rotatable bonds is 6. The Morgan fingerprint density at radius 2 is 1.57 bits per heavy atom. The average molecular weight is 403 g/mol. The Balaban J connectivity index is 1.49. The summed E-state index contributed by atoms with van der Waals surface area (Å²) in [6.07, 6.45) is -0.828. The number of para-hydroxylation sites is 1. The lowest BCUT2D eigenvalue weighted by Gasteiger charge is -2.16. The standard InChI is InChI=1S/C24H21NO5/c1-29-23-15(13-22(26)27)7-6-12-21(23)25-24(28)30-14-20-18-10-4-2-8-16(18)17-9-3-5-11-19(17)20/h2-12,20H,13-14H2,1H3,(H,25,28)(H,26,27). The predicted molar refractivity (Wildman–Crippen MR) is 113 cm³/mol. The molecule has 2 N–H and O–H groups in total. The van der Waals surface area contributed by atoms with Crippen LogP contribution < -0.4 is 10.1 Å². The minimum Gasteiger partial charge on any atom is -0.494 e. The van der Waals surface area contributed by atoms with Crippen molar-refractivity contribution in [1.82, 2.24) is 0 Å². The molecule has 1 aliphatic carbocycles. The molecule has 0 fully saturated rings. The number of carbonyl (C=O) groups is 2. The van der Waals surface area contributed by atoms with E-state index in [1.807, 2.05) is 24.3 Å². The van der Waals surface area contributed by atoms with Gasteiger partial charge in [-0.2, -0.15) is 0 Å². The van der Waals surface area contributed by atoms with E-state index < -0.39 is 12.1 Å². The SMILES string of the molecule is COc1c(CC(=O)O)cccc1NC(=O)OCC1c2ccccc2-c2ccccc21.